The fraction of sp³-hybridized carbons (Fsp3) is 0.556. The monoisotopic (exact) mass is 356 g/mol. The van der Waals surface area contributed by atoms with Crippen molar-refractivity contribution in [1.82, 2.24) is 5.43 Å². The third kappa shape index (κ3) is 9.62. The predicted octanol–water partition coefficient (Wildman–Crippen LogP) is 5.97. The fourth-order valence-electron chi connectivity index (χ4n) is 2.26. The maximum absolute atomic E-state index is 11.7. The molecule has 0 aromatic heterocycles. The Morgan fingerprint density at radius 3 is 2.39 bits per heavy atom. The number of hydrazone groups is 1. The molecule has 0 radical (unpaired) electrons. The molecular weight excluding hydrogens is 331 g/mol. The highest BCUT2D eigenvalue weighted by Gasteiger charge is 2.01. The van der Waals surface area contributed by atoms with Gasteiger partial charge in [0.1, 0.15) is 0 Å². The Labute approximate surface area is 149 Å². The van der Waals surface area contributed by atoms with Crippen LogP contribution in [0.1, 0.15) is 70.3 Å². The SMILES string of the molecule is CCCCCCCCCCC(=O)N/N=C/c1ccc(Cl)cc1Cl. The van der Waals surface area contributed by atoms with Gasteiger partial charge in [-0.1, -0.05) is 81.1 Å². The first-order valence-corrected chi connectivity index (χ1v) is 9.16. The van der Waals surface area contributed by atoms with E-state index in [0.29, 0.717) is 16.5 Å². The minimum absolute atomic E-state index is 0.0580. The number of carbonyl (C=O) groups is 1. The first kappa shape index (κ1) is 20.0. The number of carbonyl (C=O) groups excluding carboxylic acids is 1. The number of nitrogens with zero attached hydrogens (tertiary/aromatic N) is 1. The van der Waals surface area contributed by atoms with Crippen LogP contribution in [0, 0.1) is 0 Å². The lowest BCUT2D eigenvalue weighted by Gasteiger charge is -2.02. The molecule has 0 aliphatic carbocycles. The number of nitrogens with one attached hydrogen (secondary N) is 1. The smallest absolute Gasteiger partial charge is 0.240 e. The second kappa shape index (κ2) is 12.4. The lowest BCUT2D eigenvalue weighted by Crippen LogP contribution is -2.16. The Kier molecular flexibility index (Phi) is 10.8. The largest absolute Gasteiger partial charge is 0.273 e. The van der Waals surface area contributed by atoms with Crippen LogP contribution in [0.2, 0.25) is 10.0 Å². The van der Waals surface area contributed by atoms with E-state index in [4.69, 9.17) is 23.2 Å². The molecule has 0 aliphatic heterocycles. The average Bonchev–Trinajstić information content (AvgIpc) is 2.52. The Morgan fingerprint density at radius 1 is 1.09 bits per heavy atom. The first-order chi connectivity index (χ1) is 11.1. The van der Waals surface area contributed by atoms with Crippen molar-refractivity contribution in [2.45, 2.75) is 64.7 Å². The first-order valence-electron chi connectivity index (χ1n) is 8.40. The van der Waals surface area contributed by atoms with Crippen molar-refractivity contribution in [3.05, 3.63) is 33.8 Å². The van der Waals surface area contributed by atoms with E-state index in [1.807, 2.05) is 0 Å². The molecule has 0 heterocycles. The average molecular weight is 357 g/mol. The highest BCUT2D eigenvalue weighted by molar-refractivity contribution is 6.36. The van der Waals surface area contributed by atoms with E-state index in [1.165, 1.54) is 44.7 Å². The van der Waals surface area contributed by atoms with Crippen LogP contribution in [0.25, 0.3) is 0 Å². The Hall–Kier alpha value is -1.06. The molecule has 1 amide bonds. The molecule has 3 nitrogen and oxygen atoms in total. The molecule has 128 valence electrons. The second-order valence-corrected chi connectivity index (χ2v) is 6.53. The number of amides is 1. The fourth-order valence-corrected chi connectivity index (χ4v) is 2.71. The van der Waals surface area contributed by atoms with Crippen LogP contribution in [0.15, 0.2) is 23.3 Å². The van der Waals surface area contributed by atoms with Gasteiger partial charge in [0.15, 0.2) is 0 Å². The van der Waals surface area contributed by atoms with Crippen molar-refractivity contribution in [2.24, 2.45) is 5.10 Å². The van der Waals surface area contributed by atoms with Gasteiger partial charge in [-0.3, -0.25) is 4.79 Å². The summed E-state index contributed by atoms with van der Waals surface area (Å²) >= 11 is 11.8. The van der Waals surface area contributed by atoms with Crippen LogP contribution in [0.5, 0.6) is 0 Å². The summed E-state index contributed by atoms with van der Waals surface area (Å²) in [6.07, 6.45) is 11.8. The maximum Gasteiger partial charge on any atom is 0.240 e. The minimum Gasteiger partial charge on any atom is -0.273 e. The van der Waals surface area contributed by atoms with Gasteiger partial charge < -0.3 is 0 Å². The second-order valence-electron chi connectivity index (χ2n) is 5.68. The highest BCUT2D eigenvalue weighted by Crippen LogP contribution is 2.19. The third-order valence-electron chi connectivity index (χ3n) is 3.61. The van der Waals surface area contributed by atoms with Crippen LogP contribution < -0.4 is 5.43 Å². The van der Waals surface area contributed by atoms with Crippen LogP contribution in [-0.2, 0) is 4.79 Å². The number of halogens is 2. The predicted molar refractivity (Wildman–Crippen MR) is 99.4 cm³/mol. The summed E-state index contributed by atoms with van der Waals surface area (Å²) in [5.41, 5.74) is 3.26. The summed E-state index contributed by atoms with van der Waals surface area (Å²) < 4.78 is 0. The molecule has 1 aromatic carbocycles. The van der Waals surface area contributed by atoms with Crippen molar-refractivity contribution < 1.29 is 4.79 Å². The number of unbranched alkanes of at least 4 members (excludes halogenated alkanes) is 7. The van der Waals surface area contributed by atoms with Crippen LogP contribution in [0.3, 0.4) is 0 Å². The molecule has 0 saturated carbocycles. The van der Waals surface area contributed by atoms with E-state index in [0.717, 1.165) is 18.4 Å². The van der Waals surface area contributed by atoms with Crippen molar-refractivity contribution in [3.63, 3.8) is 0 Å². The van der Waals surface area contributed by atoms with E-state index in [2.05, 4.69) is 17.5 Å². The molecular formula is C18H26Cl2N2O. The van der Waals surface area contributed by atoms with Gasteiger partial charge >= 0.3 is 0 Å². The van der Waals surface area contributed by atoms with Gasteiger partial charge in [-0.05, 0) is 18.6 Å². The van der Waals surface area contributed by atoms with Gasteiger partial charge in [0.2, 0.25) is 5.91 Å². The molecule has 0 saturated heterocycles. The lowest BCUT2D eigenvalue weighted by atomic mass is 10.1. The molecule has 0 spiro atoms. The van der Waals surface area contributed by atoms with Crippen molar-refractivity contribution in [2.75, 3.05) is 0 Å². The van der Waals surface area contributed by atoms with Crippen molar-refractivity contribution in [3.8, 4) is 0 Å². The summed E-state index contributed by atoms with van der Waals surface area (Å²) in [4.78, 5) is 11.7. The zero-order valence-electron chi connectivity index (χ0n) is 13.8. The topological polar surface area (TPSA) is 41.5 Å². The van der Waals surface area contributed by atoms with E-state index >= 15 is 0 Å². The van der Waals surface area contributed by atoms with Crippen molar-refractivity contribution >= 4 is 35.3 Å². The molecule has 1 rings (SSSR count). The van der Waals surface area contributed by atoms with E-state index in [-0.39, 0.29) is 5.91 Å². The zero-order valence-corrected chi connectivity index (χ0v) is 15.3. The molecule has 0 fully saturated rings. The summed E-state index contributed by atoms with van der Waals surface area (Å²) in [6, 6.07) is 5.14. The van der Waals surface area contributed by atoms with Gasteiger partial charge in [0, 0.05) is 17.0 Å². The summed E-state index contributed by atoms with van der Waals surface area (Å²) in [5.74, 6) is -0.0580. The quantitative estimate of drug-likeness (QED) is 0.296. The van der Waals surface area contributed by atoms with E-state index < -0.39 is 0 Å². The Balaban J connectivity index is 2.11. The zero-order chi connectivity index (χ0) is 16.9. The molecule has 0 aliphatic rings. The minimum atomic E-state index is -0.0580. The number of hydrogen-bond acceptors (Lipinski definition) is 2. The Bertz CT molecular complexity index is 504. The van der Waals surface area contributed by atoms with Crippen LogP contribution >= 0.6 is 23.2 Å². The third-order valence-corrected chi connectivity index (χ3v) is 4.18. The maximum atomic E-state index is 11.7. The van der Waals surface area contributed by atoms with Gasteiger partial charge in [0.05, 0.1) is 11.2 Å². The van der Waals surface area contributed by atoms with Crippen LogP contribution in [0.4, 0.5) is 0 Å². The molecule has 23 heavy (non-hydrogen) atoms. The normalized spacial score (nSPS) is 11.1. The molecule has 1 aromatic rings. The molecule has 1 N–H and O–H groups in total. The van der Waals surface area contributed by atoms with Gasteiger partial charge in [-0.2, -0.15) is 5.10 Å². The molecule has 5 heteroatoms. The number of benzene rings is 1. The van der Waals surface area contributed by atoms with Gasteiger partial charge in [-0.25, -0.2) is 5.43 Å². The molecule has 0 unspecified atom stereocenters. The van der Waals surface area contributed by atoms with Gasteiger partial charge in [0.25, 0.3) is 0 Å². The van der Waals surface area contributed by atoms with Crippen molar-refractivity contribution in [1.29, 1.82) is 0 Å². The van der Waals surface area contributed by atoms with E-state index in [9.17, 15) is 4.79 Å². The van der Waals surface area contributed by atoms with Gasteiger partial charge in [-0.15, -0.1) is 0 Å². The van der Waals surface area contributed by atoms with Crippen LogP contribution in [-0.4, -0.2) is 12.1 Å². The molecule has 0 bridgehead atoms. The standard InChI is InChI=1S/C18H26Cl2N2O/c1-2-3-4-5-6-7-8-9-10-18(23)22-21-14-15-11-12-16(19)13-17(15)20/h11-14H,2-10H2,1H3,(H,22,23)/b21-14+. The summed E-state index contributed by atoms with van der Waals surface area (Å²) in [7, 11) is 0. The molecule has 0 atom stereocenters. The number of hydrogen-bond donors (Lipinski definition) is 1. The highest BCUT2D eigenvalue weighted by atomic mass is 35.5. The lowest BCUT2D eigenvalue weighted by molar-refractivity contribution is -0.121. The summed E-state index contributed by atoms with van der Waals surface area (Å²) in [5, 5.41) is 5.02. The number of rotatable bonds is 11. The Morgan fingerprint density at radius 2 is 1.74 bits per heavy atom. The summed E-state index contributed by atoms with van der Waals surface area (Å²) in [6.45, 7) is 2.22. The van der Waals surface area contributed by atoms with E-state index in [1.54, 1.807) is 18.2 Å².